The third-order valence-electron chi connectivity index (χ3n) is 4.96. The average molecular weight is 363 g/mol. The molecule has 4 rings (SSSR count). The zero-order valence-corrected chi connectivity index (χ0v) is 15.3. The molecule has 2 aliphatic rings. The smallest absolute Gasteiger partial charge is 0.254 e. The summed E-state index contributed by atoms with van der Waals surface area (Å²) in [7, 11) is 0. The van der Waals surface area contributed by atoms with Gasteiger partial charge in [0.05, 0.1) is 5.56 Å². The highest BCUT2D eigenvalue weighted by molar-refractivity contribution is 7.15. The van der Waals surface area contributed by atoms with Crippen LogP contribution < -0.4 is 4.90 Å². The van der Waals surface area contributed by atoms with Gasteiger partial charge in [-0.25, -0.2) is 0 Å². The van der Waals surface area contributed by atoms with Crippen LogP contribution in [0, 0.1) is 0 Å². The number of hydrogen-bond acceptors (Lipinski definition) is 6. The SMILES string of the molecule is O=C(c1ccsc1)N1CCCN(c2nnc(C3CCCC3)s2)CC1. The summed E-state index contributed by atoms with van der Waals surface area (Å²) in [6.07, 6.45) is 6.15. The van der Waals surface area contributed by atoms with Gasteiger partial charge in [0.15, 0.2) is 0 Å². The fraction of sp³-hybridized carbons (Fsp3) is 0.588. The molecule has 0 unspecified atom stereocenters. The number of aromatic nitrogens is 2. The highest BCUT2D eigenvalue weighted by atomic mass is 32.1. The minimum atomic E-state index is 0.155. The van der Waals surface area contributed by atoms with Crippen LogP contribution in [0.15, 0.2) is 16.8 Å². The van der Waals surface area contributed by atoms with E-state index in [2.05, 4.69) is 15.1 Å². The first-order chi connectivity index (χ1) is 11.8. The fourth-order valence-electron chi connectivity index (χ4n) is 3.57. The second-order valence-electron chi connectivity index (χ2n) is 6.55. The number of carbonyl (C=O) groups excluding carboxylic acids is 1. The molecule has 0 atom stereocenters. The molecule has 1 aliphatic carbocycles. The van der Waals surface area contributed by atoms with Crippen molar-refractivity contribution in [3.63, 3.8) is 0 Å². The summed E-state index contributed by atoms with van der Waals surface area (Å²) in [4.78, 5) is 16.8. The molecule has 2 aromatic rings. The molecule has 1 amide bonds. The highest BCUT2D eigenvalue weighted by Gasteiger charge is 2.25. The van der Waals surface area contributed by atoms with Crippen LogP contribution in [0.4, 0.5) is 5.13 Å². The van der Waals surface area contributed by atoms with Gasteiger partial charge >= 0.3 is 0 Å². The van der Waals surface area contributed by atoms with Gasteiger partial charge in [0.2, 0.25) is 5.13 Å². The van der Waals surface area contributed by atoms with Crippen molar-refractivity contribution in [3.8, 4) is 0 Å². The van der Waals surface area contributed by atoms with Crippen LogP contribution in [0.1, 0.15) is 53.4 Å². The molecule has 2 fully saturated rings. The molecule has 0 aromatic carbocycles. The van der Waals surface area contributed by atoms with Gasteiger partial charge in [-0.15, -0.1) is 10.2 Å². The predicted octanol–water partition coefficient (Wildman–Crippen LogP) is 3.61. The van der Waals surface area contributed by atoms with Gasteiger partial charge in [-0.05, 0) is 30.7 Å². The molecule has 5 nitrogen and oxygen atoms in total. The first-order valence-electron chi connectivity index (χ1n) is 8.71. The Kier molecular flexibility index (Phi) is 4.80. The maximum absolute atomic E-state index is 12.5. The first kappa shape index (κ1) is 16.0. The number of anilines is 1. The van der Waals surface area contributed by atoms with E-state index in [1.807, 2.05) is 21.7 Å². The molecule has 0 radical (unpaired) electrons. The summed E-state index contributed by atoms with van der Waals surface area (Å²) in [5, 5.41) is 15.0. The lowest BCUT2D eigenvalue weighted by atomic mass is 10.1. The predicted molar refractivity (Wildman–Crippen MR) is 98.2 cm³/mol. The number of hydrogen-bond donors (Lipinski definition) is 0. The van der Waals surface area contributed by atoms with E-state index in [1.165, 1.54) is 30.7 Å². The Balaban J connectivity index is 1.40. The Hall–Kier alpha value is -1.47. The lowest BCUT2D eigenvalue weighted by molar-refractivity contribution is 0.0767. The lowest BCUT2D eigenvalue weighted by Crippen LogP contribution is -2.35. The number of rotatable bonds is 3. The summed E-state index contributed by atoms with van der Waals surface area (Å²) in [5.41, 5.74) is 0.813. The van der Waals surface area contributed by atoms with Crippen molar-refractivity contribution in [2.75, 3.05) is 31.1 Å². The first-order valence-corrected chi connectivity index (χ1v) is 10.5. The molecule has 24 heavy (non-hydrogen) atoms. The molecular weight excluding hydrogens is 340 g/mol. The van der Waals surface area contributed by atoms with Crippen LogP contribution >= 0.6 is 22.7 Å². The fourth-order valence-corrected chi connectivity index (χ4v) is 5.27. The summed E-state index contributed by atoms with van der Waals surface area (Å²) in [6.45, 7) is 3.37. The van der Waals surface area contributed by atoms with Crippen molar-refractivity contribution in [3.05, 3.63) is 27.4 Å². The third-order valence-corrected chi connectivity index (χ3v) is 6.79. The number of amides is 1. The molecule has 1 saturated carbocycles. The van der Waals surface area contributed by atoms with Gasteiger partial charge in [0, 0.05) is 37.5 Å². The second kappa shape index (κ2) is 7.19. The van der Waals surface area contributed by atoms with Gasteiger partial charge in [-0.2, -0.15) is 11.3 Å². The Morgan fingerprint density at radius 2 is 1.96 bits per heavy atom. The van der Waals surface area contributed by atoms with Crippen LogP contribution in [-0.4, -0.2) is 47.2 Å². The molecule has 0 bridgehead atoms. The maximum atomic E-state index is 12.5. The molecule has 0 spiro atoms. The van der Waals surface area contributed by atoms with Crippen molar-refractivity contribution in [2.45, 2.75) is 38.0 Å². The second-order valence-corrected chi connectivity index (χ2v) is 8.32. The van der Waals surface area contributed by atoms with Crippen molar-refractivity contribution in [1.29, 1.82) is 0 Å². The summed E-state index contributed by atoms with van der Waals surface area (Å²) >= 11 is 3.33. The van der Waals surface area contributed by atoms with Crippen LogP contribution in [0.25, 0.3) is 0 Å². The van der Waals surface area contributed by atoms with Crippen molar-refractivity contribution in [2.24, 2.45) is 0 Å². The molecule has 1 saturated heterocycles. The Bertz CT molecular complexity index is 679. The molecule has 128 valence electrons. The third kappa shape index (κ3) is 3.32. The Labute approximate surface area is 150 Å². The van der Waals surface area contributed by atoms with Gasteiger partial charge in [0.25, 0.3) is 5.91 Å². The topological polar surface area (TPSA) is 49.3 Å². The van der Waals surface area contributed by atoms with E-state index in [-0.39, 0.29) is 5.91 Å². The average Bonchev–Trinajstić information content (AvgIpc) is 3.33. The highest BCUT2D eigenvalue weighted by Crippen LogP contribution is 2.37. The minimum Gasteiger partial charge on any atom is -0.345 e. The van der Waals surface area contributed by atoms with Gasteiger partial charge in [-0.1, -0.05) is 24.2 Å². The van der Waals surface area contributed by atoms with Gasteiger partial charge < -0.3 is 9.80 Å². The zero-order valence-electron chi connectivity index (χ0n) is 13.7. The van der Waals surface area contributed by atoms with Crippen molar-refractivity contribution < 1.29 is 4.79 Å². The van der Waals surface area contributed by atoms with E-state index in [9.17, 15) is 4.79 Å². The van der Waals surface area contributed by atoms with Crippen molar-refractivity contribution >= 4 is 33.7 Å². The number of nitrogens with zero attached hydrogens (tertiary/aromatic N) is 4. The molecule has 2 aromatic heterocycles. The quantitative estimate of drug-likeness (QED) is 0.837. The largest absolute Gasteiger partial charge is 0.345 e. The van der Waals surface area contributed by atoms with Crippen LogP contribution in [0.2, 0.25) is 0 Å². The molecular formula is C17H22N4OS2. The number of carbonyl (C=O) groups is 1. The zero-order chi connectivity index (χ0) is 16.4. The van der Waals surface area contributed by atoms with E-state index >= 15 is 0 Å². The van der Waals surface area contributed by atoms with E-state index in [1.54, 1.807) is 22.7 Å². The normalized spacial score (nSPS) is 19.7. The summed E-state index contributed by atoms with van der Waals surface area (Å²) in [5.74, 6) is 0.780. The standard InChI is InChI=1S/C17H22N4OS2/c22-16(14-6-11-23-12-14)20-7-3-8-21(10-9-20)17-19-18-15(24-17)13-4-1-2-5-13/h6,11-13H,1-5,7-10H2. The van der Waals surface area contributed by atoms with E-state index in [0.29, 0.717) is 5.92 Å². The molecule has 3 heterocycles. The molecule has 7 heteroatoms. The molecule has 0 N–H and O–H groups in total. The maximum Gasteiger partial charge on any atom is 0.254 e. The summed E-state index contributed by atoms with van der Waals surface area (Å²) < 4.78 is 0. The van der Waals surface area contributed by atoms with Crippen LogP contribution in [-0.2, 0) is 0 Å². The minimum absolute atomic E-state index is 0.155. The Morgan fingerprint density at radius 1 is 1.08 bits per heavy atom. The lowest BCUT2D eigenvalue weighted by Gasteiger charge is -2.21. The molecule has 1 aliphatic heterocycles. The van der Waals surface area contributed by atoms with Gasteiger partial charge in [-0.3, -0.25) is 4.79 Å². The van der Waals surface area contributed by atoms with Gasteiger partial charge in [0.1, 0.15) is 5.01 Å². The van der Waals surface area contributed by atoms with E-state index < -0.39 is 0 Å². The van der Waals surface area contributed by atoms with Crippen LogP contribution in [0.5, 0.6) is 0 Å². The Morgan fingerprint density at radius 3 is 2.75 bits per heavy atom. The number of thiophene rings is 1. The van der Waals surface area contributed by atoms with Crippen LogP contribution in [0.3, 0.4) is 0 Å². The summed E-state index contributed by atoms with van der Waals surface area (Å²) in [6, 6.07) is 1.91. The monoisotopic (exact) mass is 362 g/mol. The van der Waals surface area contributed by atoms with Crippen molar-refractivity contribution in [1.82, 2.24) is 15.1 Å². The van der Waals surface area contributed by atoms with E-state index in [4.69, 9.17) is 0 Å². The van der Waals surface area contributed by atoms with E-state index in [0.717, 1.165) is 43.3 Å².